The van der Waals surface area contributed by atoms with Crippen molar-refractivity contribution >= 4 is 35.0 Å². The van der Waals surface area contributed by atoms with E-state index in [1.54, 1.807) is 0 Å². The standard InChI is InChI=1S/C17H19F2N3O4S/c1-2-3-4-5-26-15-11(18)6-10(7-12(15)19)9-20-22-17-21-16(25)13(27-17)8-14(23)24/h6-7,9,13H,2-5,8H2,1H3,(H,23,24)(H,21,22,25). The third kappa shape index (κ3) is 6.31. The van der Waals surface area contributed by atoms with E-state index in [0.29, 0.717) is 6.42 Å². The highest BCUT2D eigenvalue weighted by atomic mass is 32.2. The number of unbranched alkanes of at least 4 members (excludes halogenated alkanes) is 2. The third-order valence-electron chi connectivity index (χ3n) is 3.51. The molecule has 0 radical (unpaired) electrons. The fourth-order valence-electron chi connectivity index (χ4n) is 2.21. The summed E-state index contributed by atoms with van der Waals surface area (Å²) in [6.07, 6.45) is 3.38. The highest BCUT2D eigenvalue weighted by Gasteiger charge is 2.32. The van der Waals surface area contributed by atoms with Gasteiger partial charge in [-0.05, 0) is 18.6 Å². The minimum Gasteiger partial charge on any atom is -0.488 e. The average molecular weight is 399 g/mol. The van der Waals surface area contributed by atoms with E-state index < -0.39 is 34.5 Å². The molecular formula is C17H19F2N3O4S. The maximum Gasteiger partial charge on any atom is 0.305 e. The highest BCUT2D eigenvalue weighted by molar-refractivity contribution is 8.15. The summed E-state index contributed by atoms with van der Waals surface area (Å²) < 4.78 is 33.1. The lowest BCUT2D eigenvalue weighted by atomic mass is 10.2. The van der Waals surface area contributed by atoms with E-state index in [4.69, 9.17) is 9.84 Å². The van der Waals surface area contributed by atoms with Crippen molar-refractivity contribution in [1.82, 2.24) is 5.32 Å². The Labute approximate surface area is 158 Å². The van der Waals surface area contributed by atoms with Gasteiger partial charge < -0.3 is 15.2 Å². The normalized spacial score (nSPS) is 18.3. The Morgan fingerprint density at radius 2 is 2.07 bits per heavy atom. The lowest BCUT2D eigenvalue weighted by Gasteiger charge is -2.08. The minimum absolute atomic E-state index is 0.124. The lowest BCUT2D eigenvalue weighted by Crippen LogP contribution is -2.26. The molecule has 1 atom stereocenters. The van der Waals surface area contributed by atoms with E-state index in [2.05, 4.69) is 15.5 Å². The molecule has 1 fully saturated rings. The van der Waals surface area contributed by atoms with Crippen molar-refractivity contribution < 1.29 is 28.2 Å². The van der Waals surface area contributed by atoms with Gasteiger partial charge in [0, 0.05) is 5.56 Å². The topological polar surface area (TPSA) is 100 Å². The van der Waals surface area contributed by atoms with Gasteiger partial charge >= 0.3 is 5.97 Å². The molecule has 2 N–H and O–H groups in total. The first kappa shape index (κ1) is 20.8. The number of halogens is 2. The van der Waals surface area contributed by atoms with Crippen molar-refractivity contribution in [2.75, 3.05) is 6.61 Å². The number of hydrogen-bond donors (Lipinski definition) is 2. The summed E-state index contributed by atoms with van der Waals surface area (Å²) in [6, 6.07) is 2.13. The number of thioether (sulfide) groups is 1. The molecular weight excluding hydrogens is 380 g/mol. The van der Waals surface area contributed by atoms with Crippen molar-refractivity contribution in [3.05, 3.63) is 29.3 Å². The van der Waals surface area contributed by atoms with Crippen molar-refractivity contribution in [1.29, 1.82) is 0 Å². The van der Waals surface area contributed by atoms with Gasteiger partial charge in [-0.3, -0.25) is 9.59 Å². The summed E-state index contributed by atoms with van der Waals surface area (Å²) in [6.45, 7) is 2.25. The molecule has 0 aromatic heterocycles. The summed E-state index contributed by atoms with van der Waals surface area (Å²) in [5.74, 6) is -3.69. The first-order valence-electron chi connectivity index (χ1n) is 8.33. The first-order valence-corrected chi connectivity index (χ1v) is 9.20. The van der Waals surface area contributed by atoms with Crippen LogP contribution in [0.15, 0.2) is 22.3 Å². The van der Waals surface area contributed by atoms with Crippen LogP contribution in [0.2, 0.25) is 0 Å². The number of amidine groups is 1. The van der Waals surface area contributed by atoms with Crippen molar-refractivity contribution in [3.63, 3.8) is 0 Å². The Bertz CT molecular complexity index is 748. The minimum atomic E-state index is -1.10. The molecule has 1 aliphatic rings. The molecule has 1 unspecified atom stereocenters. The number of rotatable bonds is 9. The van der Waals surface area contributed by atoms with E-state index >= 15 is 0 Å². The highest BCUT2D eigenvalue weighted by Crippen LogP contribution is 2.24. The first-order chi connectivity index (χ1) is 12.9. The predicted octanol–water partition coefficient (Wildman–Crippen LogP) is 2.93. The number of carboxylic acids is 1. The quantitative estimate of drug-likeness (QED) is 0.378. The summed E-state index contributed by atoms with van der Waals surface area (Å²) in [4.78, 5) is 22.2. The Morgan fingerprint density at radius 1 is 1.37 bits per heavy atom. The van der Waals surface area contributed by atoms with Gasteiger partial charge in [0.05, 0.1) is 19.2 Å². The van der Waals surface area contributed by atoms with Gasteiger partial charge in [-0.2, -0.15) is 5.10 Å². The molecule has 146 valence electrons. The van der Waals surface area contributed by atoms with E-state index in [9.17, 15) is 18.4 Å². The van der Waals surface area contributed by atoms with Gasteiger partial charge in [0.25, 0.3) is 0 Å². The zero-order valence-electron chi connectivity index (χ0n) is 14.6. The number of ether oxygens (including phenoxy) is 1. The monoisotopic (exact) mass is 399 g/mol. The fraction of sp³-hybridized carbons (Fsp3) is 0.412. The number of carbonyl (C=O) groups excluding carboxylic acids is 1. The second kappa shape index (κ2) is 10.0. The maximum absolute atomic E-state index is 14.0. The van der Waals surface area contributed by atoms with Crippen LogP contribution in [0, 0.1) is 11.6 Å². The van der Waals surface area contributed by atoms with E-state index in [-0.39, 0.29) is 23.8 Å². The molecule has 27 heavy (non-hydrogen) atoms. The second-order valence-electron chi connectivity index (χ2n) is 5.71. The van der Waals surface area contributed by atoms with Crippen LogP contribution in [0.3, 0.4) is 0 Å². The number of benzene rings is 1. The van der Waals surface area contributed by atoms with Crippen LogP contribution in [0.1, 0.15) is 38.2 Å². The molecule has 1 aliphatic heterocycles. The Kier molecular flexibility index (Phi) is 7.71. The number of amides is 1. The summed E-state index contributed by atoms with van der Waals surface area (Å²) >= 11 is 0.931. The molecule has 10 heteroatoms. The Balaban J connectivity index is 1.99. The van der Waals surface area contributed by atoms with Crippen LogP contribution in [0.4, 0.5) is 8.78 Å². The van der Waals surface area contributed by atoms with E-state index in [1.807, 2.05) is 6.92 Å². The molecule has 0 aliphatic carbocycles. The molecule has 1 amide bonds. The lowest BCUT2D eigenvalue weighted by molar-refractivity contribution is -0.138. The number of nitrogens with zero attached hydrogens (tertiary/aromatic N) is 2. The van der Waals surface area contributed by atoms with Crippen LogP contribution < -0.4 is 10.1 Å². The van der Waals surface area contributed by atoms with Crippen LogP contribution in [0.25, 0.3) is 0 Å². The second-order valence-corrected chi connectivity index (χ2v) is 6.90. The molecule has 1 aromatic carbocycles. The Hall–Kier alpha value is -2.49. The van der Waals surface area contributed by atoms with E-state index in [0.717, 1.165) is 43.0 Å². The van der Waals surface area contributed by atoms with Crippen LogP contribution in [0.5, 0.6) is 5.75 Å². The number of nitrogens with one attached hydrogen (secondary N) is 1. The number of carbonyl (C=O) groups is 2. The van der Waals surface area contributed by atoms with Gasteiger partial charge in [0.1, 0.15) is 5.25 Å². The third-order valence-corrected chi connectivity index (χ3v) is 4.58. The van der Waals surface area contributed by atoms with Gasteiger partial charge in [-0.25, -0.2) is 8.78 Å². The number of hydrogen-bond acceptors (Lipinski definition) is 6. The number of aliphatic carboxylic acids is 1. The molecule has 1 saturated heterocycles. The SMILES string of the molecule is CCCCCOc1c(F)cc(C=NN=C2NC(=O)C(CC(=O)O)S2)cc1F. The van der Waals surface area contributed by atoms with Gasteiger partial charge in [0.15, 0.2) is 22.6 Å². The Morgan fingerprint density at radius 3 is 2.70 bits per heavy atom. The van der Waals surface area contributed by atoms with Crippen molar-refractivity contribution in [2.45, 2.75) is 37.9 Å². The molecule has 1 heterocycles. The van der Waals surface area contributed by atoms with Gasteiger partial charge in [-0.1, -0.05) is 31.5 Å². The van der Waals surface area contributed by atoms with Gasteiger partial charge in [0.2, 0.25) is 5.91 Å². The zero-order valence-corrected chi connectivity index (χ0v) is 15.4. The van der Waals surface area contributed by atoms with Crippen molar-refractivity contribution in [3.8, 4) is 5.75 Å². The summed E-state index contributed by atoms with van der Waals surface area (Å²) in [5.41, 5.74) is 0.131. The number of carboxylic acid groups (broad SMARTS) is 1. The van der Waals surface area contributed by atoms with Crippen LogP contribution >= 0.6 is 11.8 Å². The van der Waals surface area contributed by atoms with Crippen LogP contribution in [-0.2, 0) is 9.59 Å². The zero-order chi connectivity index (χ0) is 19.8. The predicted molar refractivity (Wildman–Crippen MR) is 98.2 cm³/mol. The molecule has 0 saturated carbocycles. The molecule has 2 rings (SSSR count). The van der Waals surface area contributed by atoms with E-state index in [1.165, 1.54) is 0 Å². The summed E-state index contributed by atoms with van der Waals surface area (Å²) in [5, 5.41) is 17.8. The summed E-state index contributed by atoms with van der Waals surface area (Å²) in [7, 11) is 0. The van der Waals surface area contributed by atoms with Crippen molar-refractivity contribution in [2.24, 2.45) is 10.2 Å². The molecule has 1 aromatic rings. The average Bonchev–Trinajstić information content (AvgIpc) is 2.92. The maximum atomic E-state index is 14.0. The van der Waals surface area contributed by atoms with Gasteiger partial charge in [-0.15, -0.1) is 5.10 Å². The smallest absolute Gasteiger partial charge is 0.305 e. The van der Waals surface area contributed by atoms with Crippen LogP contribution in [-0.4, -0.2) is 40.2 Å². The largest absolute Gasteiger partial charge is 0.488 e. The molecule has 0 bridgehead atoms. The fourth-order valence-corrected chi connectivity index (χ4v) is 3.13. The molecule has 0 spiro atoms. The molecule has 7 nitrogen and oxygen atoms in total.